The van der Waals surface area contributed by atoms with Crippen molar-refractivity contribution in [2.24, 2.45) is 0 Å². The summed E-state index contributed by atoms with van der Waals surface area (Å²) >= 11 is 0. The van der Waals surface area contributed by atoms with Gasteiger partial charge < -0.3 is 15.1 Å². The fraction of sp³-hybridized carbons (Fsp3) is 0.667. The number of hydrogen-bond donors (Lipinski definition) is 1. The van der Waals surface area contributed by atoms with Gasteiger partial charge >= 0.3 is 0 Å². The van der Waals surface area contributed by atoms with Crippen molar-refractivity contribution in [3.63, 3.8) is 0 Å². The van der Waals surface area contributed by atoms with Crippen LogP contribution in [0.4, 0.5) is 5.69 Å². The first kappa shape index (κ1) is 15.7. The van der Waals surface area contributed by atoms with Crippen molar-refractivity contribution in [1.29, 1.82) is 0 Å². The SMILES string of the molecule is CNc1cnc(C(C)C)nc1C(=O)N1CCC(N(C)C)C1. The molecule has 2 heterocycles. The predicted octanol–water partition coefficient (Wildman–Crippen LogP) is 1.42. The van der Waals surface area contributed by atoms with Gasteiger partial charge in [0, 0.05) is 32.1 Å². The summed E-state index contributed by atoms with van der Waals surface area (Å²) in [5.74, 6) is 0.907. The highest BCUT2D eigenvalue weighted by atomic mass is 16.2. The Morgan fingerprint density at radius 1 is 1.48 bits per heavy atom. The van der Waals surface area contributed by atoms with Crippen molar-refractivity contribution in [2.75, 3.05) is 39.5 Å². The van der Waals surface area contributed by atoms with Crippen LogP contribution in [0.15, 0.2) is 6.20 Å². The van der Waals surface area contributed by atoms with Crippen LogP contribution in [0, 0.1) is 0 Å². The molecule has 1 aliphatic heterocycles. The molecular formula is C15H25N5O. The van der Waals surface area contributed by atoms with Crippen LogP contribution < -0.4 is 5.32 Å². The third kappa shape index (κ3) is 3.32. The lowest BCUT2D eigenvalue weighted by molar-refractivity contribution is 0.0777. The van der Waals surface area contributed by atoms with Crippen molar-refractivity contribution < 1.29 is 4.79 Å². The summed E-state index contributed by atoms with van der Waals surface area (Å²) < 4.78 is 0. The summed E-state index contributed by atoms with van der Waals surface area (Å²) in [5.41, 5.74) is 1.17. The summed E-state index contributed by atoms with van der Waals surface area (Å²) in [7, 11) is 5.90. The van der Waals surface area contributed by atoms with Crippen LogP contribution in [0.2, 0.25) is 0 Å². The first-order chi connectivity index (χ1) is 9.93. The molecule has 21 heavy (non-hydrogen) atoms. The second kappa shape index (κ2) is 6.39. The number of aromatic nitrogens is 2. The number of likely N-dealkylation sites (N-methyl/N-ethyl adjacent to an activating group) is 1. The predicted molar refractivity (Wildman–Crippen MR) is 83.7 cm³/mol. The minimum atomic E-state index is -0.00648. The average molecular weight is 291 g/mol. The molecule has 1 unspecified atom stereocenters. The Balaban J connectivity index is 2.24. The summed E-state index contributed by atoms with van der Waals surface area (Å²) in [4.78, 5) is 25.6. The zero-order valence-corrected chi connectivity index (χ0v) is 13.6. The molecule has 6 nitrogen and oxygen atoms in total. The van der Waals surface area contributed by atoms with Gasteiger partial charge in [0.05, 0.1) is 11.9 Å². The number of hydrogen-bond acceptors (Lipinski definition) is 5. The maximum atomic E-state index is 12.7. The smallest absolute Gasteiger partial charge is 0.274 e. The molecule has 116 valence electrons. The molecule has 0 aromatic carbocycles. The monoisotopic (exact) mass is 291 g/mol. The largest absolute Gasteiger partial charge is 0.385 e. The maximum Gasteiger partial charge on any atom is 0.274 e. The van der Waals surface area contributed by atoms with Crippen LogP contribution in [0.1, 0.15) is 42.5 Å². The molecule has 1 atom stereocenters. The first-order valence-corrected chi connectivity index (χ1v) is 7.44. The third-order valence-corrected chi connectivity index (χ3v) is 3.98. The summed E-state index contributed by atoms with van der Waals surface area (Å²) in [6.07, 6.45) is 2.71. The highest BCUT2D eigenvalue weighted by Gasteiger charge is 2.30. The van der Waals surface area contributed by atoms with Crippen LogP contribution in [0.25, 0.3) is 0 Å². The molecule has 0 spiro atoms. The van der Waals surface area contributed by atoms with E-state index in [0.717, 1.165) is 19.5 Å². The van der Waals surface area contributed by atoms with E-state index < -0.39 is 0 Å². The molecule has 1 aliphatic rings. The average Bonchev–Trinajstić information content (AvgIpc) is 2.95. The zero-order chi connectivity index (χ0) is 15.6. The van der Waals surface area contributed by atoms with Crippen molar-refractivity contribution in [3.05, 3.63) is 17.7 Å². The number of anilines is 1. The third-order valence-electron chi connectivity index (χ3n) is 3.98. The highest BCUT2D eigenvalue weighted by molar-refractivity contribution is 5.97. The van der Waals surface area contributed by atoms with Crippen LogP contribution in [0.3, 0.4) is 0 Å². The van der Waals surface area contributed by atoms with E-state index in [2.05, 4.69) is 34.3 Å². The molecule has 0 saturated carbocycles. The molecule has 1 aromatic rings. The van der Waals surface area contributed by atoms with E-state index >= 15 is 0 Å². The van der Waals surface area contributed by atoms with Crippen molar-refractivity contribution >= 4 is 11.6 Å². The second-order valence-corrected chi connectivity index (χ2v) is 6.05. The Morgan fingerprint density at radius 3 is 2.71 bits per heavy atom. The quantitative estimate of drug-likeness (QED) is 0.909. The molecule has 1 fully saturated rings. The number of rotatable bonds is 4. The van der Waals surface area contributed by atoms with Crippen molar-refractivity contribution in [1.82, 2.24) is 19.8 Å². The summed E-state index contributed by atoms with van der Waals surface area (Å²) in [5, 5.41) is 3.02. The van der Waals surface area contributed by atoms with E-state index in [9.17, 15) is 4.79 Å². The number of carbonyl (C=O) groups is 1. The number of nitrogens with zero attached hydrogens (tertiary/aromatic N) is 4. The highest BCUT2D eigenvalue weighted by Crippen LogP contribution is 2.21. The number of nitrogens with one attached hydrogen (secondary N) is 1. The first-order valence-electron chi connectivity index (χ1n) is 7.44. The van der Waals surface area contributed by atoms with Gasteiger partial charge in [0.2, 0.25) is 0 Å². The molecule has 0 aliphatic carbocycles. The Hall–Kier alpha value is -1.69. The fourth-order valence-corrected chi connectivity index (χ4v) is 2.52. The molecule has 1 aromatic heterocycles. The minimum Gasteiger partial charge on any atom is -0.385 e. The maximum absolute atomic E-state index is 12.7. The lowest BCUT2D eigenvalue weighted by Crippen LogP contribution is -2.35. The van der Waals surface area contributed by atoms with Gasteiger partial charge in [0.1, 0.15) is 5.82 Å². The standard InChI is InChI=1S/C15H25N5O/c1-10(2)14-17-8-12(16-3)13(18-14)15(21)20-7-6-11(9-20)19(4)5/h8,10-11,16H,6-7,9H2,1-5H3. The summed E-state index contributed by atoms with van der Waals surface area (Å²) in [6, 6.07) is 0.429. The van der Waals surface area contributed by atoms with Gasteiger partial charge in [-0.25, -0.2) is 9.97 Å². The second-order valence-electron chi connectivity index (χ2n) is 6.05. The normalized spacial score (nSPS) is 18.6. The van der Waals surface area contributed by atoms with Gasteiger partial charge in [-0.15, -0.1) is 0 Å². The van der Waals surface area contributed by atoms with Crippen LogP contribution in [0.5, 0.6) is 0 Å². The Morgan fingerprint density at radius 2 is 2.19 bits per heavy atom. The number of likely N-dealkylation sites (tertiary alicyclic amines) is 1. The lowest BCUT2D eigenvalue weighted by atomic mass is 10.2. The Labute approximate surface area is 126 Å². The van der Waals surface area contributed by atoms with Crippen molar-refractivity contribution in [3.8, 4) is 0 Å². The van der Waals surface area contributed by atoms with E-state index in [1.165, 1.54) is 0 Å². The van der Waals surface area contributed by atoms with E-state index in [0.29, 0.717) is 23.2 Å². The van der Waals surface area contributed by atoms with Gasteiger partial charge in [-0.3, -0.25) is 4.79 Å². The van der Waals surface area contributed by atoms with Crippen LogP contribution in [-0.2, 0) is 0 Å². The van der Waals surface area contributed by atoms with E-state index in [1.54, 1.807) is 13.2 Å². The number of carbonyl (C=O) groups excluding carboxylic acids is 1. The van der Waals surface area contributed by atoms with E-state index in [1.807, 2.05) is 18.7 Å². The molecule has 1 amide bonds. The topological polar surface area (TPSA) is 61.4 Å². The summed E-state index contributed by atoms with van der Waals surface area (Å²) in [6.45, 7) is 5.60. The van der Waals surface area contributed by atoms with E-state index in [4.69, 9.17) is 0 Å². The zero-order valence-electron chi connectivity index (χ0n) is 13.6. The molecule has 6 heteroatoms. The van der Waals surface area contributed by atoms with E-state index in [-0.39, 0.29) is 11.8 Å². The fourth-order valence-electron chi connectivity index (χ4n) is 2.52. The minimum absolute atomic E-state index is 0.00648. The molecule has 2 rings (SSSR count). The molecular weight excluding hydrogens is 266 g/mol. The molecule has 0 radical (unpaired) electrons. The van der Waals surface area contributed by atoms with Gasteiger partial charge in [-0.1, -0.05) is 13.8 Å². The Kier molecular flexibility index (Phi) is 4.77. The van der Waals surface area contributed by atoms with Crippen LogP contribution >= 0.6 is 0 Å². The van der Waals surface area contributed by atoms with Gasteiger partial charge in [-0.2, -0.15) is 0 Å². The molecule has 0 bridgehead atoms. The van der Waals surface area contributed by atoms with Crippen molar-refractivity contribution in [2.45, 2.75) is 32.2 Å². The Bertz CT molecular complexity index is 515. The van der Waals surface area contributed by atoms with Crippen LogP contribution in [-0.4, -0.2) is 65.9 Å². The molecule has 1 saturated heterocycles. The lowest BCUT2D eigenvalue weighted by Gasteiger charge is -2.21. The van der Waals surface area contributed by atoms with Gasteiger partial charge in [0.15, 0.2) is 5.69 Å². The number of amides is 1. The van der Waals surface area contributed by atoms with Gasteiger partial charge in [-0.05, 0) is 20.5 Å². The van der Waals surface area contributed by atoms with Gasteiger partial charge in [0.25, 0.3) is 5.91 Å². The molecule has 1 N–H and O–H groups in total.